The predicted octanol–water partition coefficient (Wildman–Crippen LogP) is 3.83. The minimum Gasteiger partial charge on any atom is -0.480 e. The highest BCUT2D eigenvalue weighted by Gasteiger charge is 2.16. The van der Waals surface area contributed by atoms with Gasteiger partial charge in [-0.15, -0.1) is 0 Å². The maximum absolute atomic E-state index is 10.9. The molecule has 5 N–H and O–H groups in total. The molecular weight excluding hydrogens is 637 g/mol. The van der Waals surface area contributed by atoms with Crippen LogP contribution in [0.4, 0.5) is 5.69 Å². The van der Waals surface area contributed by atoms with Crippen LogP contribution in [0.5, 0.6) is 11.5 Å². The number of rotatable bonds is 5. The van der Waals surface area contributed by atoms with E-state index in [9.17, 15) is 4.79 Å². The van der Waals surface area contributed by atoms with Crippen LogP contribution in [0.2, 0.25) is 0 Å². The lowest BCUT2D eigenvalue weighted by Crippen LogP contribution is -2.32. The number of benzene rings is 2. The third kappa shape index (κ3) is 5.06. The fraction of sp³-hybridized carbons (Fsp3) is 0.133. The molecule has 0 spiro atoms. The largest absolute Gasteiger partial charge is 0.480 e. The second-order valence-corrected chi connectivity index (χ2v) is 8.31. The van der Waals surface area contributed by atoms with Gasteiger partial charge >= 0.3 is 5.97 Å². The van der Waals surface area contributed by atoms with Gasteiger partial charge in [-0.3, -0.25) is 4.79 Å². The lowest BCUT2D eigenvalue weighted by Gasteiger charge is -2.14. The molecule has 0 unspecified atom stereocenters. The molecule has 1 atom stereocenters. The monoisotopic (exact) mass is 650 g/mol. The molecule has 0 fully saturated rings. The smallest absolute Gasteiger partial charge is 0.320 e. The van der Waals surface area contributed by atoms with Gasteiger partial charge in [0.05, 0.1) is 7.14 Å². The zero-order chi connectivity index (χ0) is 17.1. The van der Waals surface area contributed by atoms with Gasteiger partial charge in [0.25, 0.3) is 0 Å². The summed E-state index contributed by atoms with van der Waals surface area (Å²) >= 11 is 6.50. The van der Waals surface area contributed by atoms with Gasteiger partial charge in [0, 0.05) is 9.26 Å². The van der Waals surface area contributed by atoms with Crippen molar-refractivity contribution in [3.63, 3.8) is 0 Å². The lowest BCUT2D eigenvalue weighted by atomic mass is 10.1. The van der Waals surface area contributed by atoms with Crippen molar-refractivity contribution in [2.45, 2.75) is 12.5 Å². The highest BCUT2D eigenvalue weighted by Crippen LogP contribution is 2.34. The molecule has 0 amide bonds. The van der Waals surface area contributed by atoms with E-state index < -0.39 is 12.0 Å². The number of halogens is 3. The molecule has 0 aliphatic heterocycles. The topological polar surface area (TPSA) is 98.6 Å². The third-order valence-electron chi connectivity index (χ3n) is 3.02. The third-order valence-corrected chi connectivity index (χ3v) is 5.56. The van der Waals surface area contributed by atoms with Crippen LogP contribution in [0.1, 0.15) is 5.56 Å². The van der Waals surface area contributed by atoms with Crippen molar-refractivity contribution < 1.29 is 14.6 Å². The zero-order valence-electron chi connectivity index (χ0n) is 11.7. The van der Waals surface area contributed by atoms with Crippen LogP contribution in [0.3, 0.4) is 0 Å². The SMILES string of the molecule is Nc1ccc(Oc2c(I)cc(C[C@H](N)C(=O)O)cc2I)cc1I. The van der Waals surface area contributed by atoms with Gasteiger partial charge < -0.3 is 21.3 Å². The summed E-state index contributed by atoms with van der Waals surface area (Å²) in [5, 5.41) is 8.92. The number of nitrogens with two attached hydrogens (primary N) is 2. The molecule has 0 bridgehead atoms. The normalized spacial score (nSPS) is 12.0. The number of carboxylic acids is 1. The number of carbonyl (C=O) groups is 1. The second kappa shape index (κ2) is 8.16. The van der Waals surface area contributed by atoms with Crippen molar-refractivity contribution in [1.82, 2.24) is 0 Å². The quantitative estimate of drug-likeness (QED) is 0.338. The first-order valence-corrected chi connectivity index (χ1v) is 9.70. The zero-order valence-corrected chi connectivity index (χ0v) is 18.2. The average molecular weight is 650 g/mol. The first-order chi connectivity index (χ1) is 10.8. The molecule has 2 rings (SSSR count). The van der Waals surface area contributed by atoms with E-state index in [0.29, 0.717) is 11.4 Å². The molecule has 23 heavy (non-hydrogen) atoms. The van der Waals surface area contributed by atoms with Gasteiger partial charge in [-0.2, -0.15) is 0 Å². The van der Waals surface area contributed by atoms with E-state index in [2.05, 4.69) is 67.8 Å². The minimum atomic E-state index is -1.01. The van der Waals surface area contributed by atoms with E-state index in [1.54, 1.807) is 6.07 Å². The molecule has 0 saturated carbocycles. The highest BCUT2D eigenvalue weighted by molar-refractivity contribution is 14.1. The Balaban J connectivity index is 2.26. The van der Waals surface area contributed by atoms with Gasteiger partial charge in [-0.25, -0.2) is 0 Å². The van der Waals surface area contributed by atoms with Gasteiger partial charge in [0.15, 0.2) is 5.75 Å². The fourth-order valence-corrected chi connectivity index (χ4v) is 4.46. The number of ether oxygens (including phenoxy) is 1. The first-order valence-electron chi connectivity index (χ1n) is 6.47. The average Bonchev–Trinajstić information content (AvgIpc) is 2.46. The molecule has 5 nitrogen and oxygen atoms in total. The van der Waals surface area contributed by atoms with Crippen LogP contribution in [-0.4, -0.2) is 17.1 Å². The lowest BCUT2D eigenvalue weighted by molar-refractivity contribution is -0.138. The number of aliphatic carboxylic acids is 1. The van der Waals surface area contributed by atoms with E-state index in [0.717, 1.165) is 22.0 Å². The van der Waals surface area contributed by atoms with Gasteiger partial charge in [-0.1, -0.05) is 0 Å². The molecule has 0 aliphatic carbocycles. The van der Waals surface area contributed by atoms with Crippen LogP contribution < -0.4 is 16.2 Å². The van der Waals surface area contributed by atoms with Crippen molar-refractivity contribution in [3.8, 4) is 11.5 Å². The van der Waals surface area contributed by atoms with Crippen molar-refractivity contribution in [3.05, 3.63) is 46.6 Å². The molecule has 0 heterocycles. The predicted molar refractivity (Wildman–Crippen MR) is 115 cm³/mol. The van der Waals surface area contributed by atoms with Gasteiger partial charge in [0.1, 0.15) is 11.8 Å². The standard InChI is InChI=1S/C15H13I3N2O3/c16-9-6-8(1-2-12(9)19)23-14-10(17)3-7(4-11(14)18)5-13(20)15(21)22/h1-4,6,13H,5,19-20H2,(H,21,22)/t13-/m0/s1. The second-order valence-electron chi connectivity index (χ2n) is 4.82. The van der Waals surface area contributed by atoms with Crippen molar-refractivity contribution in [1.29, 1.82) is 0 Å². The van der Waals surface area contributed by atoms with Crippen molar-refractivity contribution >= 4 is 79.4 Å². The van der Waals surface area contributed by atoms with Crippen LogP contribution in [0, 0.1) is 10.7 Å². The number of nitrogen functional groups attached to an aromatic ring is 1. The van der Waals surface area contributed by atoms with E-state index in [-0.39, 0.29) is 6.42 Å². The number of anilines is 1. The number of carboxylic acid groups (broad SMARTS) is 1. The van der Waals surface area contributed by atoms with Crippen LogP contribution in [0.25, 0.3) is 0 Å². The molecule has 122 valence electrons. The molecule has 2 aromatic carbocycles. The van der Waals surface area contributed by atoms with E-state index in [4.69, 9.17) is 21.3 Å². The van der Waals surface area contributed by atoms with Gasteiger partial charge in [-0.05, 0) is 110 Å². The Kier molecular flexibility index (Phi) is 6.74. The van der Waals surface area contributed by atoms with E-state index in [1.165, 1.54) is 0 Å². The Bertz CT molecular complexity index is 730. The van der Waals surface area contributed by atoms with Crippen LogP contribution >= 0.6 is 67.8 Å². The van der Waals surface area contributed by atoms with Crippen molar-refractivity contribution in [2.75, 3.05) is 5.73 Å². The summed E-state index contributed by atoms with van der Waals surface area (Å²) in [6.45, 7) is 0. The first kappa shape index (κ1) is 19.0. The molecule has 0 saturated heterocycles. The Morgan fingerprint density at radius 3 is 2.26 bits per heavy atom. The van der Waals surface area contributed by atoms with Crippen LogP contribution in [0.15, 0.2) is 30.3 Å². The Labute approximate surface area is 174 Å². The Morgan fingerprint density at radius 1 is 1.13 bits per heavy atom. The maximum atomic E-state index is 10.9. The summed E-state index contributed by atoms with van der Waals surface area (Å²) in [7, 11) is 0. The summed E-state index contributed by atoms with van der Waals surface area (Å²) in [6, 6.07) is 8.37. The van der Waals surface area contributed by atoms with E-state index in [1.807, 2.05) is 24.3 Å². The van der Waals surface area contributed by atoms with E-state index >= 15 is 0 Å². The summed E-state index contributed by atoms with van der Waals surface area (Å²) in [5.74, 6) is 0.431. The molecule has 0 aromatic heterocycles. The maximum Gasteiger partial charge on any atom is 0.320 e. The summed E-state index contributed by atoms with van der Waals surface area (Å²) in [6.07, 6.45) is 0.279. The number of hydrogen-bond donors (Lipinski definition) is 3. The highest BCUT2D eigenvalue weighted by atomic mass is 127. The fourth-order valence-electron chi connectivity index (χ4n) is 1.86. The Morgan fingerprint density at radius 2 is 1.74 bits per heavy atom. The van der Waals surface area contributed by atoms with Crippen molar-refractivity contribution in [2.24, 2.45) is 5.73 Å². The minimum absolute atomic E-state index is 0.279. The number of hydrogen-bond acceptors (Lipinski definition) is 4. The van der Waals surface area contributed by atoms with Crippen LogP contribution in [-0.2, 0) is 11.2 Å². The molecular formula is C15H13I3N2O3. The summed E-state index contributed by atoms with van der Waals surface area (Å²) in [5.41, 5.74) is 13.0. The summed E-state index contributed by atoms with van der Waals surface area (Å²) < 4.78 is 8.68. The molecule has 8 heteroatoms. The Hall–Kier alpha value is -0.340. The summed E-state index contributed by atoms with van der Waals surface area (Å²) in [4.78, 5) is 10.9. The molecule has 0 aliphatic rings. The molecule has 2 aromatic rings. The van der Waals surface area contributed by atoms with Gasteiger partial charge in [0.2, 0.25) is 0 Å². The molecule has 0 radical (unpaired) electrons.